The molecule has 2 rings (SSSR count). The minimum absolute atomic E-state index is 0.750. The van der Waals surface area contributed by atoms with E-state index in [0.717, 1.165) is 12.8 Å². The molecule has 0 saturated carbocycles. The monoisotopic (exact) mass is 259 g/mol. The van der Waals surface area contributed by atoms with Crippen molar-refractivity contribution in [2.75, 3.05) is 7.05 Å². The summed E-state index contributed by atoms with van der Waals surface area (Å²) >= 11 is 0. The summed E-state index contributed by atoms with van der Waals surface area (Å²) < 4.78 is 0. The first-order chi connectivity index (χ1) is 9.22. The lowest BCUT2D eigenvalue weighted by molar-refractivity contribution is -0.106. The van der Waals surface area contributed by atoms with Crippen LogP contribution in [0.3, 0.4) is 0 Å². The predicted molar refractivity (Wildman–Crippen MR) is 84.5 cm³/mol. The van der Waals surface area contributed by atoms with Gasteiger partial charge in [-0.1, -0.05) is 55.8 Å². The molecule has 0 heterocycles. The number of fused-ring (bicyclic) bond motifs is 1. The molecule has 0 atom stereocenters. The van der Waals surface area contributed by atoms with E-state index < -0.39 is 0 Å². The molecule has 0 radical (unpaired) electrons. The molecule has 0 saturated heterocycles. The van der Waals surface area contributed by atoms with E-state index in [-0.39, 0.29) is 0 Å². The number of benzene rings is 2. The van der Waals surface area contributed by atoms with Crippen LogP contribution in [0.4, 0.5) is 0 Å². The lowest BCUT2D eigenvalue weighted by Gasteiger charge is -2.07. The highest BCUT2D eigenvalue weighted by Gasteiger charge is 2.00. The molecule has 0 aliphatic carbocycles. The van der Waals surface area contributed by atoms with Crippen molar-refractivity contribution in [3.63, 3.8) is 0 Å². The highest BCUT2D eigenvalue weighted by Crippen LogP contribution is 2.20. The molecule has 0 aliphatic heterocycles. The Morgan fingerprint density at radius 3 is 2.32 bits per heavy atom. The molecular weight excluding hydrogens is 234 g/mol. The van der Waals surface area contributed by atoms with Crippen LogP contribution < -0.4 is 5.32 Å². The van der Waals surface area contributed by atoms with Crippen molar-refractivity contribution >= 4 is 17.1 Å². The zero-order chi connectivity index (χ0) is 14.7. The SMILES string of the molecule is CC.CC=O.CNCc1cc(C)cc2ccccc12. The van der Waals surface area contributed by atoms with Gasteiger partial charge in [-0.15, -0.1) is 0 Å². The second-order valence-electron chi connectivity index (χ2n) is 3.91. The van der Waals surface area contributed by atoms with Crippen LogP contribution in [-0.4, -0.2) is 13.3 Å². The molecule has 1 N–H and O–H groups in total. The van der Waals surface area contributed by atoms with E-state index in [9.17, 15) is 0 Å². The maximum atomic E-state index is 8.81. The molecule has 0 bridgehead atoms. The summed E-state index contributed by atoms with van der Waals surface area (Å²) in [6.07, 6.45) is 0.750. The van der Waals surface area contributed by atoms with Crippen LogP contribution in [0.15, 0.2) is 36.4 Å². The number of hydrogen-bond donors (Lipinski definition) is 1. The van der Waals surface area contributed by atoms with Gasteiger partial charge in [0.15, 0.2) is 0 Å². The lowest BCUT2D eigenvalue weighted by atomic mass is 10.0. The summed E-state index contributed by atoms with van der Waals surface area (Å²) in [6, 6.07) is 13.0. The fourth-order valence-electron chi connectivity index (χ4n) is 1.89. The molecule has 0 spiro atoms. The Hall–Kier alpha value is -1.67. The smallest absolute Gasteiger partial charge is 0.116 e. The van der Waals surface area contributed by atoms with E-state index in [4.69, 9.17) is 4.79 Å². The zero-order valence-electron chi connectivity index (χ0n) is 12.7. The third-order valence-corrected chi connectivity index (χ3v) is 2.46. The lowest BCUT2D eigenvalue weighted by Crippen LogP contribution is -2.05. The zero-order valence-corrected chi connectivity index (χ0v) is 12.7. The Labute approximate surface area is 116 Å². The Kier molecular flexibility index (Phi) is 9.37. The van der Waals surface area contributed by atoms with Crippen molar-refractivity contribution in [2.24, 2.45) is 0 Å². The van der Waals surface area contributed by atoms with E-state index in [0.29, 0.717) is 0 Å². The molecular formula is C17H25NO. The topological polar surface area (TPSA) is 29.1 Å². The van der Waals surface area contributed by atoms with Crippen LogP contribution >= 0.6 is 0 Å². The maximum Gasteiger partial charge on any atom is 0.116 e. The molecule has 2 aromatic carbocycles. The van der Waals surface area contributed by atoms with Gasteiger partial charge in [-0.2, -0.15) is 0 Å². The van der Waals surface area contributed by atoms with Gasteiger partial charge in [-0.05, 0) is 37.2 Å². The molecule has 104 valence electrons. The first-order valence-corrected chi connectivity index (χ1v) is 6.75. The fraction of sp³-hybridized carbons (Fsp3) is 0.353. The molecule has 0 aliphatic rings. The second-order valence-corrected chi connectivity index (χ2v) is 3.91. The maximum absolute atomic E-state index is 8.81. The molecule has 0 unspecified atom stereocenters. The van der Waals surface area contributed by atoms with Gasteiger partial charge >= 0.3 is 0 Å². The van der Waals surface area contributed by atoms with Crippen LogP contribution in [0.5, 0.6) is 0 Å². The summed E-state index contributed by atoms with van der Waals surface area (Å²) in [4.78, 5) is 8.81. The number of carbonyl (C=O) groups is 1. The molecule has 2 aromatic rings. The van der Waals surface area contributed by atoms with Crippen molar-refractivity contribution in [1.82, 2.24) is 5.32 Å². The Morgan fingerprint density at radius 2 is 1.74 bits per heavy atom. The predicted octanol–water partition coefficient (Wildman–Crippen LogP) is 4.10. The van der Waals surface area contributed by atoms with Gasteiger partial charge in [0, 0.05) is 6.54 Å². The average molecular weight is 259 g/mol. The van der Waals surface area contributed by atoms with Gasteiger partial charge in [0.2, 0.25) is 0 Å². The summed E-state index contributed by atoms with van der Waals surface area (Å²) in [5, 5.41) is 5.89. The summed E-state index contributed by atoms with van der Waals surface area (Å²) in [6.45, 7) is 8.52. The first kappa shape index (κ1) is 17.3. The number of hydrogen-bond acceptors (Lipinski definition) is 2. The van der Waals surface area contributed by atoms with Gasteiger partial charge in [-0.25, -0.2) is 0 Å². The number of aldehydes is 1. The van der Waals surface area contributed by atoms with Crippen molar-refractivity contribution in [1.29, 1.82) is 0 Å². The van der Waals surface area contributed by atoms with E-state index in [2.05, 4.69) is 48.6 Å². The summed E-state index contributed by atoms with van der Waals surface area (Å²) in [5.41, 5.74) is 2.71. The van der Waals surface area contributed by atoms with Crippen LogP contribution in [0.1, 0.15) is 31.9 Å². The molecule has 0 amide bonds. The van der Waals surface area contributed by atoms with Gasteiger partial charge in [0.05, 0.1) is 0 Å². The van der Waals surface area contributed by atoms with Crippen molar-refractivity contribution < 1.29 is 4.79 Å². The highest BCUT2D eigenvalue weighted by atomic mass is 16.1. The van der Waals surface area contributed by atoms with Crippen LogP contribution in [-0.2, 0) is 11.3 Å². The number of nitrogens with one attached hydrogen (secondary N) is 1. The molecule has 2 heteroatoms. The van der Waals surface area contributed by atoms with Crippen molar-refractivity contribution in [3.05, 3.63) is 47.5 Å². The summed E-state index contributed by atoms with van der Waals surface area (Å²) in [7, 11) is 1.98. The second kappa shape index (κ2) is 10.3. The number of carbonyl (C=O) groups excluding carboxylic acids is 1. The number of rotatable bonds is 2. The Bertz CT molecular complexity index is 492. The molecule has 0 aromatic heterocycles. The van der Waals surface area contributed by atoms with Crippen LogP contribution in [0, 0.1) is 6.92 Å². The van der Waals surface area contributed by atoms with Gasteiger partial charge in [-0.3, -0.25) is 0 Å². The van der Waals surface area contributed by atoms with Crippen LogP contribution in [0.2, 0.25) is 0 Å². The normalized spacial score (nSPS) is 8.89. The number of aryl methyl sites for hydroxylation is 1. The summed E-state index contributed by atoms with van der Waals surface area (Å²) in [5.74, 6) is 0. The van der Waals surface area contributed by atoms with Crippen molar-refractivity contribution in [2.45, 2.75) is 34.2 Å². The fourth-order valence-corrected chi connectivity index (χ4v) is 1.89. The quantitative estimate of drug-likeness (QED) is 0.823. The molecule has 0 fully saturated rings. The third kappa shape index (κ3) is 5.66. The van der Waals surface area contributed by atoms with Crippen molar-refractivity contribution in [3.8, 4) is 0 Å². The van der Waals surface area contributed by atoms with Crippen LogP contribution in [0.25, 0.3) is 10.8 Å². The first-order valence-electron chi connectivity index (χ1n) is 6.75. The van der Waals surface area contributed by atoms with Gasteiger partial charge < -0.3 is 10.1 Å². The Balaban J connectivity index is 0.000000573. The third-order valence-electron chi connectivity index (χ3n) is 2.46. The van der Waals surface area contributed by atoms with E-state index in [1.807, 2.05) is 20.9 Å². The van der Waals surface area contributed by atoms with E-state index in [1.54, 1.807) is 0 Å². The largest absolute Gasteiger partial charge is 0.316 e. The minimum Gasteiger partial charge on any atom is -0.316 e. The Morgan fingerprint density at radius 1 is 1.16 bits per heavy atom. The van der Waals surface area contributed by atoms with Gasteiger partial charge in [0.25, 0.3) is 0 Å². The van der Waals surface area contributed by atoms with E-state index >= 15 is 0 Å². The van der Waals surface area contributed by atoms with Gasteiger partial charge in [0.1, 0.15) is 6.29 Å². The molecule has 2 nitrogen and oxygen atoms in total. The molecule has 19 heavy (non-hydrogen) atoms. The standard InChI is InChI=1S/C13H15N.C2H4O.C2H6/c1-10-7-11-5-3-4-6-13(11)12(8-10)9-14-2;1-2-3;1-2/h3-8,14H,9H2,1-2H3;2H,1H3;1-2H3. The van der Waals surface area contributed by atoms with E-state index in [1.165, 1.54) is 28.8 Å². The average Bonchev–Trinajstić information content (AvgIpc) is 2.42. The minimum atomic E-state index is 0.750. The highest BCUT2D eigenvalue weighted by molar-refractivity contribution is 5.86.